The molecule has 2 N–H and O–H groups in total. The van der Waals surface area contributed by atoms with E-state index in [-0.39, 0.29) is 17.7 Å². The molecule has 0 unspecified atom stereocenters. The number of anilines is 1. The Hall–Kier alpha value is -3.41. The number of carboxylic acids is 1. The maximum Gasteiger partial charge on any atom is 0.303 e. The molecule has 0 bridgehead atoms. The molecule has 0 aliphatic carbocycles. The van der Waals surface area contributed by atoms with E-state index in [2.05, 4.69) is 31.2 Å². The minimum absolute atomic E-state index is 0.0816. The van der Waals surface area contributed by atoms with E-state index < -0.39 is 5.97 Å². The van der Waals surface area contributed by atoms with Crippen LogP contribution in [0.3, 0.4) is 0 Å². The Morgan fingerprint density at radius 1 is 1.03 bits per heavy atom. The monoisotopic (exact) mass is 391 g/mol. The lowest BCUT2D eigenvalue weighted by molar-refractivity contribution is -0.136. The highest BCUT2D eigenvalue weighted by molar-refractivity contribution is 6.03. The van der Waals surface area contributed by atoms with Crippen LogP contribution in [0.25, 0.3) is 5.69 Å². The quantitative estimate of drug-likeness (QED) is 0.651. The molecule has 6 nitrogen and oxygen atoms in total. The lowest BCUT2D eigenvalue weighted by Crippen LogP contribution is -2.17. The van der Waals surface area contributed by atoms with Gasteiger partial charge in [-0.15, -0.1) is 0 Å². The third-order valence-corrected chi connectivity index (χ3v) is 4.55. The summed E-state index contributed by atoms with van der Waals surface area (Å²) >= 11 is 0. The first-order valence-corrected chi connectivity index (χ1v) is 9.52. The molecule has 1 heterocycles. The van der Waals surface area contributed by atoms with Gasteiger partial charge in [-0.3, -0.25) is 9.59 Å². The van der Waals surface area contributed by atoms with Gasteiger partial charge >= 0.3 is 5.97 Å². The van der Waals surface area contributed by atoms with E-state index in [1.165, 1.54) is 0 Å². The number of hydrogen-bond donors (Lipinski definition) is 2. The Morgan fingerprint density at radius 2 is 1.69 bits per heavy atom. The number of para-hydroxylation sites is 1. The van der Waals surface area contributed by atoms with Crippen LogP contribution >= 0.6 is 0 Å². The Morgan fingerprint density at radius 3 is 2.28 bits per heavy atom. The number of aromatic nitrogens is 2. The van der Waals surface area contributed by atoms with Crippen molar-refractivity contribution in [2.24, 2.45) is 0 Å². The van der Waals surface area contributed by atoms with Crippen molar-refractivity contribution in [1.29, 1.82) is 0 Å². The minimum atomic E-state index is -0.828. The summed E-state index contributed by atoms with van der Waals surface area (Å²) < 4.78 is 1.81. The Kier molecular flexibility index (Phi) is 5.82. The van der Waals surface area contributed by atoms with Crippen LogP contribution in [0.5, 0.6) is 0 Å². The molecule has 6 heteroatoms. The van der Waals surface area contributed by atoms with E-state index >= 15 is 0 Å². The predicted molar refractivity (Wildman–Crippen MR) is 113 cm³/mol. The van der Waals surface area contributed by atoms with E-state index in [0.29, 0.717) is 17.8 Å². The standard InChI is InChI=1S/C23H25N3O3/c1-23(2,3)20-15-19(25-26(20)18-7-5-4-6-8-18)22(29)24-17-12-9-16(10-13-17)11-14-21(27)28/h4-10,12-13,15H,11,14H2,1-3H3,(H,24,29)(H,27,28). The molecule has 0 saturated carbocycles. The van der Waals surface area contributed by atoms with Gasteiger partial charge < -0.3 is 10.4 Å². The van der Waals surface area contributed by atoms with Crippen molar-refractivity contribution in [2.75, 3.05) is 5.32 Å². The molecule has 0 spiro atoms. The van der Waals surface area contributed by atoms with E-state index in [0.717, 1.165) is 16.9 Å². The first-order valence-electron chi connectivity index (χ1n) is 9.52. The molecule has 0 aliphatic heterocycles. The normalized spacial score (nSPS) is 11.3. The van der Waals surface area contributed by atoms with Gasteiger partial charge in [0.25, 0.3) is 5.91 Å². The molecule has 1 amide bonds. The van der Waals surface area contributed by atoms with Crippen LogP contribution in [0, 0.1) is 0 Å². The molecule has 1 aromatic heterocycles. The van der Waals surface area contributed by atoms with Crippen LogP contribution in [0.1, 0.15) is 48.9 Å². The topological polar surface area (TPSA) is 84.2 Å². The number of hydrogen-bond acceptors (Lipinski definition) is 3. The highest BCUT2D eigenvalue weighted by Crippen LogP contribution is 2.26. The summed E-state index contributed by atoms with van der Waals surface area (Å²) in [6.45, 7) is 6.25. The number of benzene rings is 2. The zero-order chi connectivity index (χ0) is 21.0. The first kappa shape index (κ1) is 20.3. The highest BCUT2D eigenvalue weighted by Gasteiger charge is 2.24. The van der Waals surface area contributed by atoms with Crippen molar-refractivity contribution in [1.82, 2.24) is 9.78 Å². The number of aryl methyl sites for hydroxylation is 1. The number of carboxylic acid groups (broad SMARTS) is 1. The second kappa shape index (κ2) is 8.31. The second-order valence-electron chi connectivity index (χ2n) is 7.96. The largest absolute Gasteiger partial charge is 0.481 e. The zero-order valence-electron chi connectivity index (χ0n) is 16.8. The lowest BCUT2D eigenvalue weighted by Gasteiger charge is -2.20. The van der Waals surface area contributed by atoms with Crippen LogP contribution < -0.4 is 5.32 Å². The summed E-state index contributed by atoms with van der Waals surface area (Å²) in [5.74, 6) is -1.12. The van der Waals surface area contributed by atoms with Gasteiger partial charge in [-0.25, -0.2) is 4.68 Å². The van der Waals surface area contributed by atoms with Gasteiger partial charge in [-0.2, -0.15) is 5.10 Å². The number of rotatable bonds is 6. The molecule has 0 atom stereocenters. The lowest BCUT2D eigenvalue weighted by atomic mass is 9.91. The predicted octanol–water partition coefficient (Wildman–Crippen LogP) is 4.44. The molecular weight excluding hydrogens is 366 g/mol. The summed E-state index contributed by atoms with van der Waals surface area (Å²) in [4.78, 5) is 23.5. The van der Waals surface area contributed by atoms with E-state index in [4.69, 9.17) is 5.11 Å². The summed E-state index contributed by atoms with van der Waals surface area (Å²) in [7, 11) is 0. The fraction of sp³-hybridized carbons (Fsp3) is 0.261. The highest BCUT2D eigenvalue weighted by atomic mass is 16.4. The van der Waals surface area contributed by atoms with Crippen LogP contribution in [0.2, 0.25) is 0 Å². The number of aliphatic carboxylic acids is 1. The summed E-state index contributed by atoms with van der Waals surface area (Å²) in [6, 6.07) is 18.7. The molecular formula is C23H25N3O3. The molecule has 0 aliphatic rings. The van der Waals surface area contributed by atoms with Crippen LogP contribution in [-0.4, -0.2) is 26.8 Å². The third kappa shape index (κ3) is 5.10. The fourth-order valence-electron chi connectivity index (χ4n) is 2.99. The number of nitrogens with zero attached hydrogens (tertiary/aromatic N) is 2. The van der Waals surface area contributed by atoms with Crippen molar-refractivity contribution in [2.45, 2.75) is 39.0 Å². The van der Waals surface area contributed by atoms with Crippen molar-refractivity contribution in [3.05, 3.63) is 77.6 Å². The molecule has 0 saturated heterocycles. The third-order valence-electron chi connectivity index (χ3n) is 4.55. The van der Waals surface area contributed by atoms with Gasteiger partial charge in [-0.1, -0.05) is 51.1 Å². The Bertz CT molecular complexity index is 1000. The minimum Gasteiger partial charge on any atom is -0.481 e. The Balaban J connectivity index is 1.81. The number of amides is 1. The van der Waals surface area contributed by atoms with Gasteiger partial charge in [0.15, 0.2) is 5.69 Å². The number of nitrogens with one attached hydrogen (secondary N) is 1. The molecule has 0 fully saturated rings. The average Bonchev–Trinajstić information content (AvgIpc) is 3.14. The van der Waals surface area contributed by atoms with Gasteiger partial charge in [0.1, 0.15) is 0 Å². The van der Waals surface area contributed by atoms with Gasteiger partial charge in [0.05, 0.1) is 11.4 Å². The molecule has 0 radical (unpaired) electrons. The maximum absolute atomic E-state index is 12.8. The van der Waals surface area contributed by atoms with E-state index in [1.54, 1.807) is 12.1 Å². The van der Waals surface area contributed by atoms with E-state index in [9.17, 15) is 9.59 Å². The van der Waals surface area contributed by atoms with Crippen molar-refractivity contribution in [3.8, 4) is 5.69 Å². The molecule has 150 valence electrons. The van der Waals surface area contributed by atoms with Crippen molar-refractivity contribution in [3.63, 3.8) is 0 Å². The van der Waals surface area contributed by atoms with Crippen molar-refractivity contribution >= 4 is 17.6 Å². The smallest absolute Gasteiger partial charge is 0.303 e. The SMILES string of the molecule is CC(C)(C)c1cc(C(=O)Nc2ccc(CCC(=O)O)cc2)nn1-c1ccccc1. The molecule has 29 heavy (non-hydrogen) atoms. The Labute approximate surface area is 170 Å². The fourth-order valence-corrected chi connectivity index (χ4v) is 2.99. The zero-order valence-corrected chi connectivity index (χ0v) is 16.8. The summed E-state index contributed by atoms with van der Waals surface area (Å²) in [5, 5.41) is 16.2. The average molecular weight is 391 g/mol. The summed E-state index contributed by atoms with van der Waals surface area (Å²) in [6.07, 6.45) is 0.540. The van der Waals surface area contributed by atoms with Crippen LogP contribution in [0.15, 0.2) is 60.7 Å². The number of carbonyl (C=O) groups is 2. The summed E-state index contributed by atoms with van der Waals surface area (Å²) in [5.41, 5.74) is 3.55. The van der Waals surface area contributed by atoms with Gasteiger partial charge in [0.2, 0.25) is 0 Å². The van der Waals surface area contributed by atoms with Crippen LogP contribution in [0.4, 0.5) is 5.69 Å². The number of carbonyl (C=O) groups excluding carboxylic acids is 1. The first-order chi connectivity index (χ1) is 13.7. The maximum atomic E-state index is 12.8. The van der Waals surface area contributed by atoms with Crippen molar-refractivity contribution < 1.29 is 14.7 Å². The molecule has 3 rings (SSSR count). The van der Waals surface area contributed by atoms with E-state index in [1.807, 2.05) is 53.2 Å². The second-order valence-corrected chi connectivity index (χ2v) is 7.96. The van der Waals surface area contributed by atoms with Crippen LogP contribution in [-0.2, 0) is 16.6 Å². The molecule has 2 aromatic carbocycles. The molecule has 3 aromatic rings. The van der Waals surface area contributed by atoms with Gasteiger partial charge in [0, 0.05) is 17.5 Å². The van der Waals surface area contributed by atoms with Gasteiger partial charge in [-0.05, 0) is 42.3 Å².